The summed E-state index contributed by atoms with van der Waals surface area (Å²) in [6, 6.07) is 16.3. The number of para-hydroxylation sites is 2. The van der Waals surface area contributed by atoms with Crippen LogP contribution in [0.5, 0.6) is 5.75 Å². The van der Waals surface area contributed by atoms with Gasteiger partial charge in [0.05, 0.1) is 13.7 Å². The molecule has 0 amide bonds. The topological polar surface area (TPSA) is 87.0 Å². The number of allylic oxidation sites excluding steroid dienone is 1. The number of Topliss-reactive ketones (excluding diaryl/α,β-unsaturated/α-hetero) is 1. The highest BCUT2D eigenvalue weighted by Crippen LogP contribution is 2.32. The number of fused-ring (bicyclic) bond motifs is 1. The van der Waals surface area contributed by atoms with Gasteiger partial charge in [0, 0.05) is 17.1 Å². The first kappa shape index (κ1) is 19.3. The summed E-state index contributed by atoms with van der Waals surface area (Å²) in [7, 11) is 1.55. The number of carbonyl (C=O) groups excluding carboxylic acids is 2. The molecular weight excluding hydrogens is 386 g/mol. The first-order chi connectivity index (χ1) is 14.6. The van der Waals surface area contributed by atoms with Crippen molar-refractivity contribution in [2.24, 2.45) is 0 Å². The largest absolute Gasteiger partial charge is 0.493 e. The number of benzene rings is 2. The van der Waals surface area contributed by atoms with E-state index in [2.05, 4.69) is 5.32 Å². The molecule has 1 aromatic heterocycles. The predicted molar refractivity (Wildman–Crippen MR) is 111 cm³/mol. The molecule has 0 aliphatic carbocycles. The van der Waals surface area contributed by atoms with Crippen LogP contribution in [0.4, 0.5) is 5.69 Å². The minimum atomic E-state index is -0.754. The number of hydrogen-bond donors (Lipinski definition) is 1. The second-order valence-corrected chi connectivity index (χ2v) is 6.38. The summed E-state index contributed by atoms with van der Waals surface area (Å²) >= 11 is 0. The van der Waals surface area contributed by atoms with Gasteiger partial charge in [-0.1, -0.05) is 30.3 Å². The molecule has 0 bridgehead atoms. The Morgan fingerprint density at radius 1 is 1.13 bits per heavy atom. The zero-order valence-corrected chi connectivity index (χ0v) is 16.4. The Labute approximate surface area is 172 Å². The maximum Gasteiger partial charge on any atom is 0.347 e. The quantitative estimate of drug-likeness (QED) is 0.372. The van der Waals surface area contributed by atoms with Crippen LogP contribution in [0.25, 0.3) is 17.0 Å². The Hall–Kier alpha value is -4.00. The fraction of sp³-hybridized carbons (Fsp3) is 0.130. The lowest BCUT2D eigenvalue weighted by molar-refractivity contribution is -0.139. The van der Waals surface area contributed by atoms with Gasteiger partial charge in [-0.3, -0.25) is 4.79 Å². The van der Waals surface area contributed by atoms with Crippen molar-refractivity contribution in [2.45, 2.75) is 6.92 Å². The molecule has 7 heteroatoms. The second-order valence-electron chi connectivity index (χ2n) is 6.38. The van der Waals surface area contributed by atoms with E-state index in [9.17, 15) is 9.59 Å². The average molecular weight is 405 g/mol. The Bertz CT molecular complexity index is 1170. The Morgan fingerprint density at radius 3 is 2.67 bits per heavy atom. The van der Waals surface area contributed by atoms with E-state index in [0.29, 0.717) is 22.8 Å². The number of rotatable bonds is 6. The van der Waals surface area contributed by atoms with Gasteiger partial charge in [-0.2, -0.15) is 0 Å². The predicted octanol–water partition coefficient (Wildman–Crippen LogP) is 4.27. The van der Waals surface area contributed by atoms with Gasteiger partial charge in [-0.05, 0) is 31.2 Å². The highest BCUT2D eigenvalue weighted by Gasteiger charge is 2.37. The molecule has 0 saturated carbocycles. The standard InChI is InChI=1S/C23H19NO6/c1-3-28-23(26)19-20(25)18(30-22(19)24-15-9-5-4-6-10-15)13-16-12-14-8-7-11-17(27-2)21(14)29-16/h4-13,24H,3H2,1-2H3/b18-13-. The zero-order chi connectivity index (χ0) is 21.1. The molecule has 0 fully saturated rings. The number of furan rings is 1. The SMILES string of the molecule is CCOC(=O)C1=C(Nc2ccccc2)O/C(=C\c2cc3cccc(OC)c3o2)C1=O. The number of carbonyl (C=O) groups is 2. The monoisotopic (exact) mass is 405 g/mol. The number of methoxy groups -OCH3 is 1. The maximum atomic E-state index is 12.9. The third-order valence-corrected chi connectivity index (χ3v) is 4.42. The third kappa shape index (κ3) is 3.65. The number of ether oxygens (including phenoxy) is 3. The summed E-state index contributed by atoms with van der Waals surface area (Å²) in [5.74, 6) is -0.399. The molecule has 2 aromatic carbocycles. The number of anilines is 1. The molecule has 0 radical (unpaired) electrons. The van der Waals surface area contributed by atoms with Crippen LogP contribution in [0.15, 0.2) is 76.2 Å². The summed E-state index contributed by atoms with van der Waals surface area (Å²) in [6.07, 6.45) is 1.45. The van der Waals surface area contributed by atoms with Crippen LogP contribution in [0.3, 0.4) is 0 Å². The van der Waals surface area contributed by atoms with Crippen molar-refractivity contribution in [3.8, 4) is 5.75 Å². The fourth-order valence-electron chi connectivity index (χ4n) is 3.08. The van der Waals surface area contributed by atoms with Gasteiger partial charge in [0.25, 0.3) is 0 Å². The van der Waals surface area contributed by atoms with Crippen molar-refractivity contribution in [1.82, 2.24) is 0 Å². The van der Waals surface area contributed by atoms with Crippen LogP contribution in [-0.2, 0) is 19.1 Å². The molecule has 152 valence electrons. The molecule has 0 spiro atoms. The number of nitrogens with one attached hydrogen (secondary N) is 1. The van der Waals surface area contributed by atoms with Gasteiger partial charge in [-0.15, -0.1) is 0 Å². The van der Waals surface area contributed by atoms with E-state index < -0.39 is 11.8 Å². The van der Waals surface area contributed by atoms with Crippen LogP contribution < -0.4 is 10.1 Å². The molecule has 1 aliphatic heterocycles. The first-order valence-electron chi connectivity index (χ1n) is 9.35. The average Bonchev–Trinajstić information content (AvgIpc) is 3.29. The summed E-state index contributed by atoms with van der Waals surface area (Å²) in [5, 5.41) is 3.78. The van der Waals surface area contributed by atoms with Crippen LogP contribution in [0, 0.1) is 0 Å². The minimum absolute atomic E-state index is 0.0181. The van der Waals surface area contributed by atoms with Crippen LogP contribution in [0.2, 0.25) is 0 Å². The summed E-state index contributed by atoms with van der Waals surface area (Å²) < 4.78 is 21.8. The highest BCUT2D eigenvalue weighted by atomic mass is 16.5. The molecule has 3 aromatic rings. The second kappa shape index (κ2) is 8.16. The molecule has 0 saturated heterocycles. The molecule has 2 heterocycles. The van der Waals surface area contributed by atoms with E-state index in [0.717, 1.165) is 5.39 Å². The third-order valence-electron chi connectivity index (χ3n) is 4.42. The number of hydrogen-bond acceptors (Lipinski definition) is 7. The Morgan fingerprint density at radius 2 is 1.93 bits per heavy atom. The van der Waals surface area contributed by atoms with Gasteiger partial charge in [-0.25, -0.2) is 4.79 Å². The van der Waals surface area contributed by atoms with Crippen molar-refractivity contribution < 1.29 is 28.2 Å². The lowest BCUT2D eigenvalue weighted by Crippen LogP contribution is -2.16. The van der Waals surface area contributed by atoms with Gasteiger partial charge in [0.2, 0.25) is 11.7 Å². The zero-order valence-electron chi connectivity index (χ0n) is 16.4. The maximum absolute atomic E-state index is 12.9. The van der Waals surface area contributed by atoms with Crippen molar-refractivity contribution in [1.29, 1.82) is 0 Å². The van der Waals surface area contributed by atoms with E-state index in [4.69, 9.17) is 18.6 Å². The smallest absolute Gasteiger partial charge is 0.347 e. The van der Waals surface area contributed by atoms with Crippen molar-refractivity contribution >= 4 is 34.5 Å². The molecule has 1 N–H and O–H groups in total. The van der Waals surface area contributed by atoms with Crippen LogP contribution in [0.1, 0.15) is 12.7 Å². The van der Waals surface area contributed by atoms with E-state index in [-0.39, 0.29) is 23.8 Å². The highest BCUT2D eigenvalue weighted by molar-refractivity contribution is 6.26. The molecule has 0 unspecified atom stereocenters. The minimum Gasteiger partial charge on any atom is -0.493 e. The van der Waals surface area contributed by atoms with Gasteiger partial charge in [0.15, 0.2) is 22.7 Å². The van der Waals surface area contributed by atoms with Crippen molar-refractivity contribution in [3.63, 3.8) is 0 Å². The molecule has 0 atom stereocenters. The van der Waals surface area contributed by atoms with E-state index >= 15 is 0 Å². The van der Waals surface area contributed by atoms with Crippen LogP contribution in [-0.4, -0.2) is 25.5 Å². The van der Waals surface area contributed by atoms with Gasteiger partial charge in [0.1, 0.15) is 5.76 Å². The summed E-state index contributed by atoms with van der Waals surface area (Å²) in [4.78, 5) is 25.3. The van der Waals surface area contributed by atoms with Gasteiger partial charge < -0.3 is 23.9 Å². The van der Waals surface area contributed by atoms with Gasteiger partial charge >= 0.3 is 5.97 Å². The number of ketones is 1. The first-order valence-corrected chi connectivity index (χ1v) is 9.35. The molecule has 1 aliphatic rings. The number of esters is 1. The summed E-state index contributed by atoms with van der Waals surface area (Å²) in [5.41, 5.74) is 1.02. The normalized spacial score (nSPS) is 14.9. The van der Waals surface area contributed by atoms with Crippen molar-refractivity contribution in [2.75, 3.05) is 19.0 Å². The molecule has 7 nitrogen and oxygen atoms in total. The van der Waals surface area contributed by atoms with E-state index in [1.165, 1.54) is 6.08 Å². The lowest BCUT2D eigenvalue weighted by atomic mass is 10.1. The van der Waals surface area contributed by atoms with E-state index in [1.54, 1.807) is 38.3 Å². The van der Waals surface area contributed by atoms with Crippen molar-refractivity contribution in [3.05, 3.63) is 77.6 Å². The molecule has 4 rings (SSSR count). The van der Waals surface area contributed by atoms with E-state index in [1.807, 2.05) is 30.3 Å². The Balaban J connectivity index is 1.69. The summed E-state index contributed by atoms with van der Waals surface area (Å²) in [6.45, 7) is 1.80. The lowest BCUT2D eigenvalue weighted by Gasteiger charge is -2.08. The van der Waals surface area contributed by atoms with Crippen LogP contribution >= 0.6 is 0 Å². The fourth-order valence-corrected chi connectivity index (χ4v) is 3.08. The Kier molecular flexibility index (Phi) is 5.26. The molecular formula is C23H19NO6. The molecule has 30 heavy (non-hydrogen) atoms.